The third kappa shape index (κ3) is 2.82. The van der Waals surface area contributed by atoms with Crippen molar-refractivity contribution in [2.24, 2.45) is 0 Å². The second-order valence-electron chi connectivity index (χ2n) is 3.67. The molecule has 1 N–H and O–H groups in total. The highest BCUT2D eigenvalue weighted by atomic mass is 32.2. The highest BCUT2D eigenvalue weighted by Gasteiger charge is 2.06. The summed E-state index contributed by atoms with van der Waals surface area (Å²) >= 11 is 1.37. The van der Waals surface area contributed by atoms with Gasteiger partial charge in [-0.15, -0.1) is 11.8 Å². The molecule has 0 aromatic heterocycles. The number of rotatable bonds is 3. The lowest BCUT2D eigenvalue weighted by Crippen LogP contribution is -1.89. The summed E-state index contributed by atoms with van der Waals surface area (Å²) in [4.78, 5) is 0.714. The molecule has 0 heterocycles. The Bertz CT molecular complexity index is 607. The lowest BCUT2D eigenvalue weighted by atomic mass is 10.1. The first-order valence-electron chi connectivity index (χ1n) is 5.30. The SMILES string of the molecule is N#Cc1ccc(F)cc1CSc1ccccc1O. The lowest BCUT2D eigenvalue weighted by Gasteiger charge is -2.05. The smallest absolute Gasteiger partial charge is 0.129 e. The van der Waals surface area contributed by atoms with Gasteiger partial charge in [-0.1, -0.05) is 12.1 Å². The third-order valence-corrected chi connectivity index (χ3v) is 3.55. The minimum Gasteiger partial charge on any atom is -0.507 e. The number of nitriles is 1. The van der Waals surface area contributed by atoms with Gasteiger partial charge in [-0.25, -0.2) is 4.39 Å². The Labute approximate surface area is 109 Å². The molecule has 0 unspecified atom stereocenters. The van der Waals surface area contributed by atoms with Crippen LogP contribution in [0.2, 0.25) is 0 Å². The number of hydrogen-bond acceptors (Lipinski definition) is 3. The maximum Gasteiger partial charge on any atom is 0.129 e. The normalized spacial score (nSPS) is 10.0. The van der Waals surface area contributed by atoms with Gasteiger partial charge in [-0.05, 0) is 35.9 Å². The molecule has 0 atom stereocenters. The standard InChI is InChI=1S/C14H10FNOS/c15-12-6-5-10(8-16)11(7-12)9-18-14-4-2-1-3-13(14)17/h1-7,17H,9H2. The monoisotopic (exact) mass is 259 g/mol. The van der Waals surface area contributed by atoms with Crippen molar-refractivity contribution in [2.45, 2.75) is 10.6 Å². The van der Waals surface area contributed by atoms with Crippen LogP contribution in [0.1, 0.15) is 11.1 Å². The molecular weight excluding hydrogens is 249 g/mol. The van der Waals surface area contributed by atoms with Crippen LogP contribution in [0.3, 0.4) is 0 Å². The van der Waals surface area contributed by atoms with Gasteiger partial charge in [0, 0.05) is 10.6 Å². The van der Waals surface area contributed by atoms with E-state index in [9.17, 15) is 9.50 Å². The van der Waals surface area contributed by atoms with Crippen LogP contribution in [0.4, 0.5) is 4.39 Å². The fraction of sp³-hybridized carbons (Fsp3) is 0.0714. The minimum absolute atomic E-state index is 0.192. The van der Waals surface area contributed by atoms with Crippen LogP contribution >= 0.6 is 11.8 Å². The van der Waals surface area contributed by atoms with Crippen LogP contribution in [0, 0.1) is 17.1 Å². The molecule has 0 aliphatic heterocycles. The number of nitrogens with zero attached hydrogens (tertiary/aromatic N) is 1. The van der Waals surface area contributed by atoms with Crippen LogP contribution in [0.25, 0.3) is 0 Å². The van der Waals surface area contributed by atoms with E-state index in [0.29, 0.717) is 21.8 Å². The van der Waals surface area contributed by atoms with Crippen LogP contribution in [0.5, 0.6) is 5.75 Å². The van der Waals surface area contributed by atoms with E-state index >= 15 is 0 Å². The molecule has 2 nitrogen and oxygen atoms in total. The number of hydrogen-bond donors (Lipinski definition) is 1. The Morgan fingerprint density at radius 2 is 2.00 bits per heavy atom. The van der Waals surface area contributed by atoms with Crippen molar-refractivity contribution in [3.8, 4) is 11.8 Å². The maximum absolute atomic E-state index is 13.1. The van der Waals surface area contributed by atoms with Gasteiger partial charge in [-0.2, -0.15) is 5.26 Å². The zero-order chi connectivity index (χ0) is 13.0. The molecular formula is C14H10FNOS. The fourth-order valence-corrected chi connectivity index (χ4v) is 2.47. The van der Waals surface area contributed by atoms with Crippen molar-refractivity contribution in [3.63, 3.8) is 0 Å². The maximum atomic E-state index is 13.1. The van der Waals surface area contributed by atoms with Crippen molar-refractivity contribution in [2.75, 3.05) is 0 Å². The molecule has 0 saturated carbocycles. The first kappa shape index (κ1) is 12.5. The summed E-state index contributed by atoms with van der Waals surface area (Å²) in [5.41, 5.74) is 1.09. The number of benzene rings is 2. The van der Waals surface area contributed by atoms with Crippen molar-refractivity contribution in [3.05, 3.63) is 59.4 Å². The summed E-state index contributed by atoms with van der Waals surface area (Å²) in [6, 6.07) is 13.1. The van der Waals surface area contributed by atoms with E-state index in [1.54, 1.807) is 18.2 Å². The average Bonchev–Trinajstić information content (AvgIpc) is 2.38. The van der Waals surface area contributed by atoms with Crippen molar-refractivity contribution in [1.29, 1.82) is 5.26 Å². The number of halogens is 1. The molecule has 2 aromatic carbocycles. The van der Waals surface area contributed by atoms with Gasteiger partial charge in [0.2, 0.25) is 0 Å². The van der Waals surface area contributed by atoms with Gasteiger partial charge < -0.3 is 5.11 Å². The third-order valence-electron chi connectivity index (χ3n) is 2.44. The predicted molar refractivity (Wildman–Crippen MR) is 68.8 cm³/mol. The Hall–Kier alpha value is -1.99. The van der Waals surface area contributed by atoms with Gasteiger partial charge >= 0.3 is 0 Å². The summed E-state index contributed by atoms with van der Waals surface area (Å²) in [7, 11) is 0. The molecule has 0 radical (unpaired) electrons. The summed E-state index contributed by atoms with van der Waals surface area (Å²) in [5.74, 6) is 0.275. The predicted octanol–water partition coefficient (Wildman–Crippen LogP) is 3.70. The van der Waals surface area contributed by atoms with E-state index in [1.807, 2.05) is 12.1 Å². The molecule has 4 heteroatoms. The van der Waals surface area contributed by atoms with Crippen LogP contribution in [-0.2, 0) is 5.75 Å². The molecule has 0 spiro atoms. The van der Waals surface area contributed by atoms with Crippen molar-refractivity contribution < 1.29 is 9.50 Å². The number of phenolic OH excluding ortho intramolecular Hbond substituents is 1. The first-order chi connectivity index (χ1) is 8.70. The largest absolute Gasteiger partial charge is 0.507 e. The summed E-state index contributed by atoms with van der Waals surface area (Å²) in [6.07, 6.45) is 0. The number of aromatic hydroxyl groups is 1. The molecule has 0 aliphatic carbocycles. The summed E-state index contributed by atoms with van der Waals surface area (Å²) < 4.78 is 13.1. The Morgan fingerprint density at radius 1 is 1.22 bits per heavy atom. The Kier molecular flexibility index (Phi) is 3.85. The van der Waals surface area contributed by atoms with Gasteiger partial charge in [0.15, 0.2) is 0 Å². The van der Waals surface area contributed by atoms with Crippen LogP contribution in [0.15, 0.2) is 47.4 Å². The molecule has 0 bridgehead atoms. The zero-order valence-corrected chi connectivity index (χ0v) is 10.2. The van der Waals surface area contributed by atoms with E-state index in [0.717, 1.165) is 0 Å². The van der Waals surface area contributed by atoms with Gasteiger partial charge in [0.25, 0.3) is 0 Å². The molecule has 0 saturated heterocycles. The van der Waals surface area contributed by atoms with Crippen molar-refractivity contribution >= 4 is 11.8 Å². The molecule has 18 heavy (non-hydrogen) atoms. The van der Waals surface area contributed by atoms with Gasteiger partial charge in [0.1, 0.15) is 11.6 Å². The van der Waals surface area contributed by atoms with E-state index in [2.05, 4.69) is 0 Å². The number of para-hydroxylation sites is 1. The van der Waals surface area contributed by atoms with Gasteiger partial charge in [-0.3, -0.25) is 0 Å². The lowest BCUT2D eigenvalue weighted by molar-refractivity contribution is 0.462. The highest BCUT2D eigenvalue weighted by Crippen LogP contribution is 2.31. The topological polar surface area (TPSA) is 44.0 Å². The number of thioether (sulfide) groups is 1. The quantitative estimate of drug-likeness (QED) is 0.855. The number of phenols is 1. The van der Waals surface area contributed by atoms with E-state index in [1.165, 1.54) is 30.0 Å². The average molecular weight is 259 g/mol. The fourth-order valence-electron chi connectivity index (χ4n) is 1.53. The Balaban J connectivity index is 2.18. The highest BCUT2D eigenvalue weighted by molar-refractivity contribution is 7.98. The molecule has 0 aliphatic rings. The van der Waals surface area contributed by atoms with E-state index in [4.69, 9.17) is 5.26 Å². The molecule has 90 valence electrons. The van der Waals surface area contributed by atoms with Gasteiger partial charge in [0.05, 0.1) is 11.6 Å². The van der Waals surface area contributed by atoms with E-state index < -0.39 is 0 Å². The molecule has 0 fully saturated rings. The minimum atomic E-state index is -0.359. The summed E-state index contributed by atoms with van der Waals surface area (Å²) in [5, 5.41) is 18.5. The van der Waals surface area contributed by atoms with Crippen molar-refractivity contribution in [1.82, 2.24) is 0 Å². The van der Waals surface area contributed by atoms with Crippen LogP contribution < -0.4 is 0 Å². The summed E-state index contributed by atoms with van der Waals surface area (Å²) in [6.45, 7) is 0. The zero-order valence-electron chi connectivity index (χ0n) is 9.43. The second kappa shape index (κ2) is 5.56. The Morgan fingerprint density at radius 3 is 2.72 bits per heavy atom. The van der Waals surface area contributed by atoms with Crippen LogP contribution in [-0.4, -0.2) is 5.11 Å². The molecule has 2 aromatic rings. The molecule has 0 amide bonds. The van der Waals surface area contributed by atoms with E-state index in [-0.39, 0.29) is 11.6 Å². The second-order valence-corrected chi connectivity index (χ2v) is 4.69. The first-order valence-corrected chi connectivity index (χ1v) is 6.28. The molecule has 2 rings (SSSR count).